The van der Waals surface area contributed by atoms with Crippen molar-refractivity contribution in [2.75, 3.05) is 23.0 Å². The summed E-state index contributed by atoms with van der Waals surface area (Å²) in [5.41, 5.74) is 2.04. The van der Waals surface area contributed by atoms with E-state index in [0.29, 0.717) is 42.4 Å². The number of aromatic amines is 1. The molecule has 2 unspecified atom stereocenters. The summed E-state index contributed by atoms with van der Waals surface area (Å²) in [4.78, 5) is 12.0. The molecule has 0 amide bonds. The minimum Gasteiger partial charge on any atom is -0.367 e. The first kappa shape index (κ1) is 22.6. The van der Waals surface area contributed by atoms with Gasteiger partial charge < -0.3 is 25.4 Å². The number of aromatic nitrogens is 5. The van der Waals surface area contributed by atoms with Gasteiger partial charge in [-0.15, -0.1) is 0 Å². The zero-order valence-corrected chi connectivity index (χ0v) is 19.1. The number of nitrogens with one attached hydrogen (secondary N) is 4. The maximum absolute atomic E-state index is 5.32. The number of anilines is 4. The highest BCUT2D eigenvalue weighted by Gasteiger charge is 2.38. The molecule has 2 aliphatic heterocycles. The number of rotatable bonds is 8. The lowest BCUT2D eigenvalue weighted by molar-refractivity contribution is 0.169. The highest BCUT2D eigenvalue weighted by Crippen LogP contribution is 2.40. The van der Waals surface area contributed by atoms with Gasteiger partial charge in [0.15, 0.2) is 11.6 Å². The van der Waals surface area contributed by atoms with E-state index in [1.54, 1.807) is 0 Å². The zero-order valence-electron chi connectivity index (χ0n) is 19.1. The zero-order chi connectivity index (χ0) is 22.4. The standard InChI is InChI=1S/C23H31N9O.CH4/c1-13-7-18(33-31-13)12-24-23-27-20(25-15-8-16-5-6-17(9-15)32(16)2)11-21(28-23)26-22-10-19(29-30-22)14-3-4-14;/h7,10-11,14-17H,3-6,8-9,12H2,1-2H3,(H4,24,25,26,27,28,29,30);1H4. The lowest BCUT2D eigenvalue weighted by Crippen LogP contribution is -2.44. The van der Waals surface area contributed by atoms with Crippen molar-refractivity contribution in [3.8, 4) is 0 Å². The number of H-pyrrole nitrogens is 1. The molecule has 3 fully saturated rings. The van der Waals surface area contributed by atoms with Crippen LogP contribution in [0.1, 0.15) is 69.0 Å². The number of aryl methyl sites for hydroxylation is 1. The highest BCUT2D eigenvalue weighted by atomic mass is 16.5. The first-order valence-electron chi connectivity index (χ1n) is 11.9. The second kappa shape index (κ2) is 9.25. The van der Waals surface area contributed by atoms with Gasteiger partial charge in [0.05, 0.1) is 12.2 Å². The molecule has 182 valence electrons. The van der Waals surface area contributed by atoms with Gasteiger partial charge in [-0.05, 0) is 52.5 Å². The van der Waals surface area contributed by atoms with E-state index in [1.165, 1.54) is 31.4 Å². The molecule has 34 heavy (non-hydrogen) atoms. The minimum atomic E-state index is 0. The molecule has 3 aromatic rings. The van der Waals surface area contributed by atoms with Crippen molar-refractivity contribution in [2.45, 2.75) is 83.5 Å². The number of fused-ring (bicyclic) bond motifs is 2. The number of nitrogens with zero attached hydrogens (tertiary/aromatic N) is 5. The van der Waals surface area contributed by atoms with Crippen LogP contribution in [0.3, 0.4) is 0 Å². The summed E-state index contributed by atoms with van der Waals surface area (Å²) in [5, 5.41) is 21.8. The monoisotopic (exact) mass is 465 g/mol. The molecule has 1 saturated carbocycles. The molecule has 0 aromatic carbocycles. The molecule has 1 aliphatic carbocycles. The van der Waals surface area contributed by atoms with Crippen molar-refractivity contribution in [1.29, 1.82) is 0 Å². The van der Waals surface area contributed by atoms with Crippen LogP contribution in [-0.4, -0.2) is 55.4 Å². The van der Waals surface area contributed by atoms with Gasteiger partial charge in [0.25, 0.3) is 0 Å². The van der Waals surface area contributed by atoms with E-state index in [0.717, 1.165) is 35.9 Å². The van der Waals surface area contributed by atoms with E-state index in [1.807, 2.05) is 19.1 Å². The van der Waals surface area contributed by atoms with E-state index in [-0.39, 0.29) is 7.43 Å². The van der Waals surface area contributed by atoms with E-state index >= 15 is 0 Å². The van der Waals surface area contributed by atoms with E-state index < -0.39 is 0 Å². The predicted octanol–water partition coefficient (Wildman–Crippen LogP) is 4.40. The molecule has 5 heterocycles. The van der Waals surface area contributed by atoms with Gasteiger partial charge in [0.1, 0.15) is 11.6 Å². The van der Waals surface area contributed by atoms with Gasteiger partial charge in [-0.25, -0.2) is 0 Å². The Hall–Kier alpha value is -3.14. The average Bonchev–Trinajstić information content (AvgIpc) is 3.35. The van der Waals surface area contributed by atoms with Gasteiger partial charge >= 0.3 is 0 Å². The summed E-state index contributed by atoms with van der Waals surface area (Å²) in [6, 6.07) is 7.70. The normalized spacial score (nSPS) is 24.0. The minimum absolute atomic E-state index is 0. The maximum atomic E-state index is 5.32. The molecular formula is C24H35N9O. The fourth-order valence-electron chi connectivity index (χ4n) is 5.20. The van der Waals surface area contributed by atoms with Crippen molar-refractivity contribution in [2.24, 2.45) is 0 Å². The summed E-state index contributed by atoms with van der Waals surface area (Å²) in [6.45, 7) is 2.38. The number of hydrogen-bond donors (Lipinski definition) is 4. The summed E-state index contributed by atoms with van der Waals surface area (Å²) >= 11 is 0. The van der Waals surface area contributed by atoms with Crippen LogP contribution in [0, 0.1) is 6.92 Å². The summed E-state index contributed by atoms with van der Waals surface area (Å²) in [5.74, 6) is 4.19. The van der Waals surface area contributed by atoms with Crippen LogP contribution >= 0.6 is 0 Å². The Morgan fingerprint density at radius 3 is 2.50 bits per heavy atom. The van der Waals surface area contributed by atoms with Crippen molar-refractivity contribution in [1.82, 2.24) is 30.2 Å². The second-order valence-corrected chi connectivity index (χ2v) is 9.72. The fourth-order valence-corrected chi connectivity index (χ4v) is 5.20. The Labute approximate surface area is 200 Å². The number of piperidine rings is 1. The smallest absolute Gasteiger partial charge is 0.227 e. The van der Waals surface area contributed by atoms with Crippen LogP contribution in [0.4, 0.5) is 23.4 Å². The Balaban J connectivity index is 0.00000241. The Morgan fingerprint density at radius 2 is 1.79 bits per heavy atom. The van der Waals surface area contributed by atoms with Crippen molar-refractivity contribution >= 4 is 23.4 Å². The Bertz CT molecular complexity index is 1110. The molecule has 2 atom stereocenters. The van der Waals surface area contributed by atoms with Crippen LogP contribution in [0.15, 0.2) is 22.7 Å². The highest BCUT2D eigenvalue weighted by molar-refractivity contribution is 5.59. The maximum Gasteiger partial charge on any atom is 0.227 e. The molecule has 10 heteroatoms. The van der Waals surface area contributed by atoms with Crippen molar-refractivity contribution in [3.63, 3.8) is 0 Å². The molecule has 6 rings (SSSR count). The average molecular weight is 466 g/mol. The fraction of sp³-hybridized carbons (Fsp3) is 0.583. The molecule has 2 bridgehead atoms. The van der Waals surface area contributed by atoms with Gasteiger partial charge in [-0.1, -0.05) is 12.6 Å². The van der Waals surface area contributed by atoms with Crippen LogP contribution in [-0.2, 0) is 6.54 Å². The van der Waals surface area contributed by atoms with Gasteiger partial charge in [-0.2, -0.15) is 15.1 Å². The largest absolute Gasteiger partial charge is 0.367 e. The first-order valence-corrected chi connectivity index (χ1v) is 11.9. The van der Waals surface area contributed by atoms with E-state index in [4.69, 9.17) is 9.51 Å². The third kappa shape index (κ3) is 4.86. The first-order chi connectivity index (χ1) is 16.1. The molecule has 0 radical (unpaired) electrons. The third-order valence-electron chi connectivity index (χ3n) is 7.14. The second-order valence-electron chi connectivity index (χ2n) is 9.72. The predicted molar refractivity (Wildman–Crippen MR) is 132 cm³/mol. The molecule has 4 N–H and O–H groups in total. The third-order valence-corrected chi connectivity index (χ3v) is 7.14. The van der Waals surface area contributed by atoms with Crippen LogP contribution in [0.5, 0.6) is 0 Å². The summed E-state index contributed by atoms with van der Waals surface area (Å²) in [7, 11) is 2.26. The Morgan fingerprint density at radius 1 is 1.03 bits per heavy atom. The molecule has 2 saturated heterocycles. The molecule has 10 nitrogen and oxygen atoms in total. The van der Waals surface area contributed by atoms with E-state index in [2.05, 4.69) is 54.3 Å². The van der Waals surface area contributed by atoms with Crippen molar-refractivity contribution in [3.05, 3.63) is 35.3 Å². The number of hydrogen-bond acceptors (Lipinski definition) is 9. The van der Waals surface area contributed by atoms with Crippen LogP contribution < -0.4 is 16.0 Å². The van der Waals surface area contributed by atoms with Gasteiger partial charge in [0, 0.05) is 47.9 Å². The van der Waals surface area contributed by atoms with Crippen molar-refractivity contribution < 1.29 is 4.52 Å². The molecule has 3 aliphatic rings. The van der Waals surface area contributed by atoms with E-state index in [9.17, 15) is 0 Å². The lowest BCUT2D eigenvalue weighted by atomic mass is 9.98. The molecule has 0 spiro atoms. The quantitative estimate of drug-likeness (QED) is 0.383. The SMILES string of the molecule is C.Cc1cc(CNc2nc(Nc3cc(C4CC4)[nH]n3)cc(NC3CC4CCC(C3)N4C)n2)on1. The summed E-state index contributed by atoms with van der Waals surface area (Å²) < 4.78 is 5.32. The van der Waals surface area contributed by atoms with Gasteiger partial charge in [0.2, 0.25) is 5.95 Å². The summed E-state index contributed by atoms with van der Waals surface area (Å²) in [6.07, 6.45) is 7.34. The molecule has 3 aromatic heterocycles. The van der Waals surface area contributed by atoms with Crippen LogP contribution in [0.25, 0.3) is 0 Å². The molecular weight excluding hydrogens is 430 g/mol. The Kier molecular flexibility index (Phi) is 6.16. The van der Waals surface area contributed by atoms with Gasteiger partial charge in [-0.3, -0.25) is 5.10 Å². The lowest BCUT2D eigenvalue weighted by Gasteiger charge is -2.36. The van der Waals surface area contributed by atoms with Crippen LogP contribution in [0.2, 0.25) is 0 Å². The topological polar surface area (TPSA) is 120 Å².